The van der Waals surface area contributed by atoms with Crippen LogP contribution in [0.4, 0.5) is 17.6 Å². The molecular formula is C37H52F4N8O. The van der Waals surface area contributed by atoms with E-state index in [1.165, 1.54) is 22.8 Å². The normalized spacial score (nSPS) is 12.8. The Bertz CT molecular complexity index is 1780. The second-order valence-electron chi connectivity index (χ2n) is 14.8. The number of aromatic nitrogens is 3. The zero-order chi connectivity index (χ0) is 37.4. The summed E-state index contributed by atoms with van der Waals surface area (Å²) in [6.07, 6.45) is -0.430. The quantitative estimate of drug-likeness (QED) is 0.0526. The molecule has 2 aromatic carbocycles. The van der Waals surface area contributed by atoms with Gasteiger partial charge in [0.1, 0.15) is 11.5 Å². The van der Waals surface area contributed by atoms with Crippen molar-refractivity contribution in [1.82, 2.24) is 19.9 Å². The van der Waals surface area contributed by atoms with Crippen molar-refractivity contribution in [3.63, 3.8) is 0 Å². The molecule has 274 valence electrons. The zero-order valence-electron chi connectivity index (χ0n) is 30.1. The molecule has 50 heavy (non-hydrogen) atoms. The van der Waals surface area contributed by atoms with E-state index in [1.807, 2.05) is 39.8 Å². The Morgan fingerprint density at radius 1 is 1.00 bits per heavy atom. The number of guanidine groups is 1. The van der Waals surface area contributed by atoms with Gasteiger partial charge in [0.2, 0.25) is 0 Å². The fraction of sp³-hybridized carbons (Fsp3) is 0.486. The van der Waals surface area contributed by atoms with Gasteiger partial charge in [-0.1, -0.05) is 60.6 Å². The van der Waals surface area contributed by atoms with Crippen LogP contribution in [0, 0.1) is 11.7 Å². The third kappa shape index (κ3) is 11.7. The Hall–Kier alpha value is -4.23. The van der Waals surface area contributed by atoms with Crippen LogP contribution in [0.1, 0.15) is 89.3 Å². The van der Waals surface area contributed by atoms with Crippen LogP contribution in [0.25, 0.3) is 16.7 Å². The van der Waals surface area contributed by atoms with E-state index in [1.54, 1.807) is 18.3 Å². The van der Waals surface area contributed by atoms with Crippen molar-refractivity contribution in [3.05, 3.63) is 92.9 Å². The largest absolute Gasteiger partial charge is 0.416 e. The predicted molar refractivity (Wildman–Crippen MR) is 194 cm³/mol. The molecular weight excluding hydrogens is 648 g/mol. The summed E-state index contributed by atoms with van der Waals surface area (Å²) in [6.45, 7) is 16.1. The lowest BCUT2D eigenvalue weighted by Gasteiger charge is -2.22. The van der Waals surface area contributed by atoms with Crippen LogP contribution in [-0.4, -0.2) is 40.1 Å². The first kappa shape index (κ1) is 40.2. The van der Waals surface area contributed by atoms with Crippen molar-refractivity contribution in [3.8, 4) is 5.69 Å². The van der Waals surface area contributed by atoms with Crippen molar-refractivity contribution in [2.75, 3.05) is 19.6 Å². The molecule has 0 aliphatic heterocycles. The van der Waals surface area contributed by atoms with Crippen molar-refractivity contribution >= 4 is 17.0 Å². The van der Waals surface area contributed by atoms with E-state index in [0.717, 1.165) is 35.0 Å². The lowest BCUT2D eigenvalue weighted by Crippen LogP contribution is -2.23. The Kier molecular flexibility index (Phi) is 13.4. The number of aryl methyl sites for hydroxylation is 1. The molecule has 4 aromatic rings. The van der Waals surface area contributed by atoms with Gasteiger partial charge in [0.05, 0.1) is 11.3 Å². The van der Waals surface area contributed by atoms with Crippen LogP contribution in [-0.2, 0) is 30.0 Å². The molecule has 0 spiro atoms. The predicted octanol–water partition coefficient (Wildman–Crippen LogP) is 6.43. The number of hydrogen-bond acceptors (Lipinski definition) is 5. The number of rotatable bonds is 11. The Labute approximate surface area is 291 Å². The van der Waals surface area contributed by atoms with Crippen LogP contribution in [0.5, 0.6) is 0 Å². The third-order valence-corrected chi connectivity index (χ3v) is 8.27. The van der Waals surface area contributed by atoms with Gasteiger partial charge in [-0.25, -0.2) is 9.18 Å². The number of nitrogens with two attached hydrogens (primary N) is 3. The molecule has 0 amide bonds. The number of aliphatic imine (C=N–C) groups is 1. The van der Waals surface area contributed by atoms with E-state index in [0.29, 0.717) is 55.4 Å². The summed E-state index contributed by atoms with van der Waals surface area (Å²) in [5.74, 6) is -0.00267. The van der Waals surface area contributed by atoms with E-state index in [-0.39, 0.29) is 22.6 Å². The number of H-pyrrole nitrogens is 1. The summed E-state index contributed by atoms with van der Waals surface area (Å²) >= 11 is 0. The summed E-state index contributed by atoms with van der Waals surface area (Å²) in [5.41, 5.74) is 18.6. The van der Waals surface area contributed by atoms with Crippen molar-refractivity contribution < 1.29 is 17.6 Å². The molecule has 4 rings (SSSR count). The van der Waals surface area contributed by atoms with Gasteiger partial charge in [0.25, 0.3) is 0 Å². The molecule has 0 fully saturated rings. The number of nitrogens with one attached hydrogen (secondary N) is 2. The van der Waals surface area contributed by atoms with E-state index < -0.39 is 17.4 Å². The molecule has 0 aliphatic rings. The minimum atomic E-state index is -4.30. The fourth-order valence-corrected chi connectivity index (χ4v) is 5.01. The summed E-state index contributed by atoms with van der Waals surface area (Å²) in [4.78, 5) is 23.7. The number of benzene rings is 2. The molecule has 2 heterocycles. The number of fused-ring (bicyclic) bond motifs is 1. The molecule has 0 radical (unpaired) electrons. The lowest BCUT2D eigenvalue weighted by molar-refractivity contribution is -0.137. The highest BCUT2D eigenvalue weighted by molar-refractivity contribution is 5.76. The van der Waals surface area contributed by atoms with Gasteiger partial charge < -0.3 is 27.5 Å². The van der Waals surface area contributed by atoms with E-state index in [4.69, 9.17) is 17.2 Å². The molecule has 8 N–H and O–H groups in total. The van der Waals surface area contributed by atoms with E-state index >= 15 is 0 Å². The Morgan fingerprint density at radius 2 is 1.68 bits per heavy atom. The van der Waals surface area contributed by atoms with Crippen LogP contribution in [0.15, 0.2) is 58.4 Å². The first-order valence-corrected chi connectivity index (χ1v) is 16.8. The van der Waals surface area contributed by atoms with E-state index in [9.17, 15) is 22.4 Å². The monoisotopic (exact) mass is 700 g/mol. The summed E-state index contributed by atoms with van der Waals surface area (Å²) < 4.78 is 54.9. The molecule has 2 aromatic heterocycles. The maximum Gasteiger partial charge on any atom is 0.416 e. The summed E-state index contributed by atoms with van der Waals surface area (Å²) in [5, 5.41) is 3.95. The van der Waals surface area contributed by atoms with Gasteiger partial charge in [0, 0.05) is 41.3 Å². The van der Waals surface area contributed by atoms with Gasteiger partial charge in [-0.2, -0.15) is 18.2 Å². The Balaban J connectivity index is 0.000000295. The van der Waals surface area contributed by atoms with Crippen LogP contribution in [0.3, 0.4) is 0 Å². The van der Waals surface area contributed by atoms with Crippen LogP contribution in [0.2, 0.25) is 0 Å². The third-order valence-electron chi connectivity index (χ3n) is 8.27. The minimum absolute atomic E-state index is 0.0637. The smallest absolute Gasteiger partial charge is 0.370 e. The molecule has 0 unspecified atom stereocenters. The van der Waals surface area contributed by atoms with Gasteiger partial charge in [0.15, 0.2) is 5.96 Å². The standard InChI is InChI=1S/C21H28FN7O.C16H24F3N/c1-21(2,3)17-9-14-12-29(20(30)28-18(14)27-17)15-6-5-13(16(22)10-15)11-25-7-4-8-26-19(23)24;1-11(10-20)5-6-12-7-13(15(2,3)4)9-14(8-12)16(17,18)19/h5-6,9-10,12,25H,4,7-8,11H2,1-3H3,(H4,23,24,26)(H,27,28,30);7-9,11H,5-6,10,20H2,1-4H3/t;11-/m.0/s1. The van der Waals surface area contributed by atoms with Crippen molar-refractivity contribution in [2.24, 2.45) is 28.1 Å². The molecule has 1 atom stereocenters. The molecule has 0 aliphatic carbocycles. The number of halogens is 4. The molecule has 0 saturated carbocycles. The van der Waals surface area contributed by atoms with Gasteiger partial charge in [-0.05, 0) is 85.1 Å². The number of nitrogens with zero attached hydrogens (tertiary/aromatic N) is 3. The summed E-state index contributed by atoms with van der Waals surface area (Å²) in [7, 11) is 0. The van der Waals surface area contributed by atoms with Crippen LogP contribution < -0.4 is 28.2 Å². The highest BCUT2D eigenvalue weighted by Crippen LogP contribution is 2.34. The Morgan fingerprint density at radius 3 is 2.26 bits per heavy atom. The zero-order valence-corrected chi connectivity index (χ0v) is 30.1. The second kappa shape index (κ2) is 16.7. The van der Waals surface area contributed by atoms with Crippen molar-refractivity contribution in [2.45, 2.75) is 91.3 Å². The van der Waals surface area contributed by atoms with Crippen molar-refractivity contribution in [1.29, 1.82) is 0 Å². The van der Waals surface area contributed by atoms with Gasteiger partial charge in [-0.15, -0.1) is 0 Å². The van der Waals surface area contributed by atoms with Gasteiger partial charge in [-0.3, -0.25) is 9.56 Å². The summed E-state index contributed by atoms with van der Waals surface area (Å²) in [6, 6.07) is 11.1. The average molecular weight is 701 g/mol. The SMILES string of the molecule is CC(C)(C)c1cc2cn(-c3ccc(CNCCCN=C(N)N)c(F)c3)c(=O)nc2[nH]1.C[C@H](CN)CCc1cc(C(C)(C)C)cc(C(F)(F)F)c1. The number of alkyl halides is 3. The first-order valence-electron chi connectivity index (χ1n) is 16.8. The number of aromatic amines is 1. The highest BCUT2D eigenvalue weighted by atomic mass is 19.4. The fourth-order valence-electron chi connectivity index (χ4n) is 5.01. The van der Waals surface area contributed by atoms with Crippen LogP contribution >= 0.6 is 0 Å². The average Bonchev–Trinajstić information content (AvgIpc) is 3.44. The second-order valence-corrected chi connectivity index (χ2v) is 14.8. The minimum Gasteiger partial charge on any atom is -0.370 e. The number of hydrogen-bond donors (Lipinski definition) is 5. The molecule has 0 saturated heterocycles. The maximum atomic E-state index is 14.6. The maximum absolute atomic E-state index is 14.6. The molecule has 0 bridgehead atoms. The van der Waals surface area contributed by atoms with E-state index in [2.05, 4.69) is 41.0 Å². The van der Waals surface area contributed by atoms with Gasteiger partial charge >= 0.3 is 11.9 Å². The molecule has 13 heteroatoms. The molecule has 9 nitrogen and oxygen atoms in total. The lowest BCUT2D eigenvalue weighted by atomic mass is 9.84. The first-order chi connectivity index (χ1) is 23.2. The topological polar surface area (TPSA) is 153 Å². The highest BCUT2D eigenvalue weighted by Gasteiger charge is 2.32.